The van der Waals surface area contributed by atoms with Crippen molar-refractivity contribution in [2.75, 3.05) is 6.54 Å². The summed E-state index contributed by atoms with van der Waals surface area (Å²) in [6.07, 6.45) is 1.54. The normalized spacial score (nSPS) is 15.0. The number of thiazole rings is 1. The third kappa shape index (κ3) is 2.85. The largest absolute Gasteiger partial charge is 0.509 e. The number of aliphatic hydroxyl groups is 1. The summed E-state index contributed by atoms with van der Waals surface area (Å²) < 4.78 is 1.01. The summed E-state index contributed by atoms with van der Waals surface area (Å²) in [5.74, 6) is 0.335. The molecule has 0 atom stereocenters. The fourth-order valence-electron chi connectivity index (χ4n) is 2.61. The Morgan fingerprint density at radius 2 is 2.00 bits per heavy atom. The van der Waals surface area contributed by atoms with E-state index in [0.29, 0.717) is 16.1 Å². The standard InChI is InChI=1S/C18H14N4O2S/c19-17-16(18-21-13-6-1-2-7-15(13)25-18)14(24)10-22(17)20-9-11-4-3-5-12(23)8-11/h1-9,19,23-24H,10H2/b19-17?,20-9-. The van der Waals surface area contributed by atoms with Gasteiger partial charge in [0.05, 0.1) is 22.0 Å². The quantitative estimate of drug-likeness (QED) is 0.629. The Morgan fingerprint density at radius 1 is 1.16 bits per heavy atom. The lowest BCUT2D eigenvalue weighted by Crippen LogP contribution is -2.20. The van der Waals surface area contributed by atoms with Crippen molar-refractivity contribution in [3.8, 4) is 5.75 Å². The Morgan fingerprint density at radius 3 is 2.80 bits per heavy atom. The van der Waals surface area contributed by atoms with Crippen molar-refractivity contribution >= 4 is 39.2 Å². The van der Waals surface area contributed by atoms with Gasteiger partial charge in [-0.15, -0.1) is 11.3 Å². The molecular weight excluding hydrogens is 336 g/mol. The number of nitrogens with one attached hydrogen (secondary N) is 1. The number of benzene rings is 2. The van der Waals surface area contributed by atoms with E-state index in [1.807, 2.05) is 24.3 Å². The maximum absolute atomic E-state index is 10.3. The van der Waals surface area contributed by atoms with Crippen molar-refractivity contribution in [1.82, 2.24) is 9.99 Å². The number of amidine groups is 1. The summed E-state index contributed by atoms with van der Waals surface area (Å²) in [4.78, 5) is 4.51. The molecule has 1 aliphatic heterocycles. The molecule has 2 aromatic carbocycles. The maximum Gasteiger partial charge on any atom is 0.155 e. The third-order valence-corrected chi connectivity index (χ3v) is 4.86. The molecule has 0 spiro atoms. The molecule has 0 saturated heterocycles. The molecule has 0 unspecified atom stereocenters. The Hall–Kier alpha value is -3.19. The molecule has 7 heteroatoms. The number of nitrogens with zero attached hydrogens (tertiary/aromatic N) is 3. The Balaban J connectivity index is 1.61. The van der Waals surface area contributed by atoms with E-state index in [1.54, 1.807) is 30.5 Å². The monoisotopic (exact) mass is 350 g/mol. The van der Waals surface area contributed by atoms with Crippen molar-refractivity contribution in [1.29, 1.82) is 5.41 Å². The number of aromatic nitrogens is 1. The van der Waals surface area contributed by atoms with Gasteiger partial charge in [-0.05, 0) is 29.8 Å². The van der Waals surface area contributed by atoms with Crippen LogP contribution >= 0.6 is 11.3 Å². The number of phenols is 1. The first-order valence-electron chi connectivity index (χ1n) is 7.59. The highest BCUT2D eigenvalue weighted by Gasteiger charge is 2.30. The smallest absolute Gasteiger partial charge is 0.155 e. The highest BCUT2D eigenvalue weighted by molar-refractivity contribution is 7.19. The topological polar surface area (TPSA) is 92.8 Å². The Kier molecular flexibility index (Phi) is 3.70. The lowest BCUT2D eigenvalue weighted by atomic mass is 10.2. The van der Waals surface area contributed by atoms with Crippen molar-refractivity contribution in [3.05, 3.63) is 64.9 Å². The Bertz CT molecular complexity index is 1010. The van der Waals surface area contributed by atoms with Gasteiger partial charge in [0.1, 0.15) is 23.1 Å². The van der Waals surface area contributed by atoms with Crippen LogP contribution in [-0.2, 0) is 0 Å². The number of hydrogen-bond donors (Lipinski definition) is 3. The van der Waals surface area contributed by atoms with Gasteiger partial charge in [-0.2, -0.15) is 5.10 Å². The molecule has 0 aliphatic carbocycles. The summed E-state index contributed by atoms with van der Waals surface area (Å²) in [5.41, 5.74) is 1.97. The van der Waals surface area contributed by atoms with Crippen LogP contribution < -0.4 is 0 Å². The zero-order valence-electron chi connectivity index (χ0n) is 13.0. The number of para-hydroxylation sites is 1. The van der Waals surface area contributed by atoms with E-state index in [4.69, 9.17) is 5.41 Å². The van der Waals surface area contributed by atoms with E-state index in [1.165, 1.54) is 16.3 Å². The second kappa shape index (κ2) is 6.03. The van der Waals surface area contributed by atoms with Crippen molar-refractivity contribution in [2.24, 2.45) is 5.10 Å². The fourth-order valence-corrected chi connectivity index (χ4v) is 3.64. The van der Waals surface area contributed by atoms with E-state index in [-0.39, 0.29) is 23.9 Å². The molecule has 0 bridgehead atoms. The van der Waals surface area contributed by atoms with Gasteiger partial charge in [0.15, 0.2) is 5.84 Å². The van der Waals surface area contributed by atoms with E-state index < -0.39 is 0 Å². The highest BCUT2D eigenvalue weighted by atomic mass is 32.1. The van der Waals surface area contributed by atoms with Gasteiger partial charge < -0.3 is 10.2 Å². The number of fused-ring (bicyclic) bond motifs is 1. The average Bonchev–Trinajstić information content (AvgIpc) is 3.13. The molecule has 4 rings (SSSR count). The van der Waals surface area contributed by atoms with Gasteiger partial charge in [0, 0.05) is 0 Å². The molecule has 1 aromatic heterocycles. The number of rotatable bonds is 3. The SMILES string of the molecule is N=C1C(c2nc3ccccc3s2)=C(O)CN1/N=C\c1cccc(O)c1. The first-order valence-corrected chi connectivity index (χ1v) is 8.41. The fraction of sp³-hybridized carbons (Fsp3) is 0.0556. The van der Waals surface area contributed by atoms with Gasteiger partial charge in [0.2, 0.25) is 0 Å². The highest BCUT2D eigenvalue weighted by Crippen LogP contribution is 2.33. The molecule has 0 amide bonds. The molecule has 0 fully saturated rings. The molecular formula is C18H14N4O2S. The molecule has 0 saturated carbocycles. The predicted octanol–water partition coefficient (Wildman–Crippen LogP) is 3.60. The van der Waals surface area contributed by atoms with Gasteiger partial charge in [0.25, 0.3) is 0 Å². The number of aromatic hydroxyl groups is 1. The van der Waals surface area contributed by atoms with Crippen LogP contribution in [0, 0.1) is 5.41 Å². The summed E-state index contributed by atoms with van der Waals surface area (Å²) in [7, 11) is 0. The van der Waals surface area contributed by atoms with E-state index in [0.717, 1.165) is 10.2 Å². The van der Waals surface area contributed by atoms with Crippen molar-refractivity contribution < 1.29 is 10.2 Å². The molecule has 124 valence electrons. The molecule has 25 heavy (non-hydrogen) atoms. The lowest BCUT2D eigenvalue weighted by Gasteiger charge is -2.11. The summed E-state index contributed by atoms with van der Waals surface area (Å²) in [6, 6.07) is 14.4. The van der Waals surface area contributed by atoms with Crippen LogP contribution in [0.1, 0.15) is 10.6 Å². The number of hydrogen-bond acceptors (Lipinski definition) is 6. The lowest BCUT2D eigenvalue weighted by molar-refractivity contribution is 0.358. The third-order valence-electron chi connectivity index (χ3n) is 3.81. The van der Waals surface area contributed by atoms with E-state index in [9.17, 15) is 10.2 Å². The van der Waals surface area contributed by atoms with Crippen LogP contribution in [0.25, 0.3) is 15.8 Å². The molecule has 3 N–H and O–H groups in total. The second-order valence-electron chi connectivity index (χ2n) is 5.55. The van der Waals surface area contributed by atoms with Gasteiger partial charge in [-0.3, -0.25) is 5.41 Å². The minimum Gasteiger partial charge on any atom is -0.509 e. The van der Waals surface area contributed by atoms with Crippen LogP contribution in [0.2, 0.25) is 0 Å². The minimum absolute atomic E-state index is 0.0807. The van der Waals surface area contributed by atoms with Gasteiger partial charge in [-0.1, -0.05) is 24.3 Å². The Labute approximate surface area is 147 Å². The maximum atomic E-state index is 10.3. The zero-order valence-corrected chi connectivity index (χ0v) is 13.9. The molecule has 1 aliphatic rings. The molecule has 6 nitrogen and oxygen atoms in total. The zero-order chi connectivity index (χ0) is 17.4. The number of phenolic OH excluding ortho intramolecular Hbond substituents is 1. The first kappa shape index (κ1) is 15.3. The van der Waals surface area contributed by atoms with Crippen LogP contribution in [-0.4, -0.2) is 38.8 Å². The van der Waals surface area contributed by atoms with Crippen LogP contribution in [0.4, 0.5) is 0 Å². The average molecular weight is 350 g/mol. The van der Waals surface area contributed by atoms with Crippen molar-refractivity contribution in [2.45, 2.75) is 0 Å². The first-order chi connectivity index (χ1) is 12.1. The summed E-state index contributed by atoms with van der Waals surface area (Å²) in [5, 5.41) is 34.4. The van der Waals surface area contributed by atoms with Gasteiger partial charge in [-0.25, -0.2) is 9.99 Å². The van der Waals surface area contributed by atoms with E-state index >= 15 is 0 Å². The number of hydrazone groups is 1. The predicted molar refractivity (Wildman–Crippen MR) is 99.3 cm³/mol. The number of aliphatic hydroxyl groups excluding tert-OH is 1. The molecule has 3 aromatic rings. The van der Waals surface area contributed by atoms with Crippen LogP contribution in [0.15, 0.2) is 59.4 Å². The van der Waals surface area contributed by atoms with Gasteiger partial charge >= 0.3 is 0 Å². The molecule has 2 heterocycles. The van der Waals surface area contributed by atoms with Crippen molar-refractivity contribution in [3.63, 3.8) is 0 Å². The second-order valence-corrected chi connectivity index (χ2v) is 6.58. The van der Waals surface area contributed by atoms with E-state index in [2.05, 4.69) is 10.1 Å². The molecule has 0 radical (unpaired) electrons. The summed E-state index contributed by atoms with van der Waals surface area (Å²) >= 11 is 1.44. The summed E-state index contributed by atoms with van der Waals surface area (Å²) in [6.45, 7) is 0.124. The minimum atomic E-state index is 0.0807. The van der Waals surface area contributed by atoms with Crippen LogP contribution in [0.5, 0.6) is 5.75 Å². The van der Waals surface area contributed by atoms with Crippen LogP contribution in [0.3, 0.4) is 0 Å².